The number of esters is 2. The smallest absolute Gasteiger partial charge is 0.328 e. The van der Waals surface area contributed by atoms with Crippen molar-refractivity contribution in [1.29, 1.82) is 0 Å². The van der Waals surface area contributed by atoms with Crippen molar-refractivity contribution in [2.45, 2.75) is 32.2 Å². The standard InChI is InChI=1S/C25H26N2O7/c1-3-33-23(29)25(24(30)34-4-2)19-11-8-12-20(27(31)32)18(19)13-17-15-26(22(28)21(17)25)14-16-9-6-5-7-10-16/h5-12,17,21H,3-4,13-15H2,1-2H3/t17-,21+/m1/s1. The number of amides is 1. The Bertz CT molecular complexity index is 1110. The Hall–Kier alpha value is -3.75. The van der Waals surface area contributed by atoms with E-state index in [9.17, 15) is 24.5 Å². The SMILES string of the molecule is CCOC(=O)C1(C(=O)OCC)c2cccc([N+](=O)[O-])c2C[C@@H]2CN(Cc3ccccc3)C(=O)[C@H]21. The van der Waals surface area contributed by atoms with Gasteiger partial charge in [-0.1, -0.05) is 42.5 Å². The number of hydrogen-bond donors (Lipinski definition) is 0. The van der Waals surface area contributed by atoms with Crippen LogP contribution in [0.3, 0.4) is 0 Å². The summed E-state index contributed by atoms with van der Waals surface area (Å²) in [6, 6.07) is 13.6. The van der Waals surface area contributed by atoms with Crippen LogP contribution in [0.5, 0.6) is 0 Å². The quantitative estimate of drug-likeness (QED) is 0.267. The van der Waals surface area contributed by atoms with Gasteiger partial charge in [-0.05, 0) is 37.3 Å². The van der Waals surface area contributed by atoms with Gasteiger partial charge in [0.05, 0.1) is 24.1 Å². The second kappa shape index (κ2) is 9.24. The lowest BCUT2D eigenvalue weighted by molar-refractivity contribution is -0.385. The molecule has 2 aromatic carbocycles. The van der Waals surface area contributed by atoms with Crippen LogP contribution in [0.15, 0.2) is 48.5 Å². The number of carbonyl (C=O) groups is 3. The van der Waals surface area contributed by atoms with E-state index in [0.29, 0.717) is 6.54 Å². The zero-order valence-corrected chi connectivity index (χ0v) is 19.1. The Balaban J connectivity index is 1.91. The largest absolute Gasteiger partial charge is 0.465 e. The number of nitrogens with zero attached hydrogens (tertiary/aromatic N) is 2. The van der Waals surface area contributed by atoms with Crippen molar-refractivity contribution in [2.75, 3.05) is 19.8 Å². The molecule has 1 heterocycles. The average molecular weight is 466 g/mol. The molecular formula is C25H26N2O7. The van der Waals surface area contributed by atoms with Gasteiger partial charge in [0.1, 0.15) is 0 Å². The Labute approximate surface area is 196 Å². The predicted octanol–water partition coefficient (Wildman–Crippen LogP) is 2.79. The van der Waals surface area contributed by atoms with E-state index in [2.05, 4.69) is 0 Å². The van der Waals surface area contributed by atoms with Gasteiger partial charge in [0.2, 0.25) is 11.3 Å². The highest BCUT2D eigenvalue weighted by Gasteiger charge is 2.67. The lowest BCUT2D eigenvalue weighted by Gasteiger charge is -2.40. The molecule has 1 amide bonds. The number of nitro groups is 1. The summed E-state index contributed by atoms with van der Waals surface area (Å²) in [5, 5.41) is 11.8. The third kappa shape index (κ3) is 3.61. The van der Waals surface area contributed by atoms with E-state index >= 15 is 0 Å². The zero-order valence-electron chi connectivity index (χ0n) is 19.1. The van der Waals surface area contributed by atoms with E-state index in [0.717, 1.165) is 5.56 Å². The van der Waals surface area contributed by atoms with Crippen LogP contribution in [0, 0.1) is 22.0 Å². The van der Waals surface area contributed by atoms with Crippen LogP contribution in [-0.2, 0) is 42.2 Å². The third-order valence-electron chi connectivity index (χ3n) is 6.62. The van der Waals surface area contributed by atoms with E-state index in [-0.39, 0.29) is 48.9 Å². The van der Waals surface area contributed by atoms with Crippen LogP contribution in [0.1, 0.15) is 30.5 Å². The summed E-state index contributed by atoms with van der Waals surface area (Å²) in [5.74, 6) is -3.78. The Kier molecular flexibility index (Phi) is 6.37. The van der Waals surface area contributed by atoms with Crippen molar-refractivity contribution in [3.05, 3.63) is 75.3 Å². The molecule has 0 aromatic heterocycles. The van der Waals surface area contributed by atoms with Crippen LogP contribution in [0.2, 0.25) is 0 Å². The minimum atomic E-state index is -2.11. The van der Waals surface area contributed by atoms with E-state index in [1.807, 2.05) is 30.3 Å². The molecule has 0 radical (unpaired) electrons. The molecule has 2 aromatic rings. The van der Waals surface area contributed by atoms with E-state index < -0.39 is 34.1 Å². The fourth-order valence-electron chi connectivity index (χ4n) is 5.35. The first-order valence-corrected chi connectivity index (χ1v) is 11.3. The van der Waals surface area contributed by atoms with Crippen molar-refractivity contribution in [3.8, 4) is 0 Å². The van der Waals surface area contributed by atoms with Gasteiger partial charge in [-0.3, -0.25) is 24.5 Å². The van der Waals surface area contributed by atoms with E-state index in [1.54, 1.807) is 18.7 Å². The number of carbonyl (C=O) groups excluding carboxylic acids is 3. The zero-order chi connectivity index (χ0) is 24.5. The van der Waals surface area contributed by atoms with Crippen LogP contribution < -0.4 is 0 Å². The molecule has 9 nitrogen and oxygen atoms in total. The molecule has 1 saturated heterocycles. The highest BCUT2D eigenvalue weighted by Crippen LogP contribution is 2.52. The number of nitro benzene ring substituents is 1. The molecule has 0 bridgehead atoms. The molecule has 4 rings (SSSR count). The number of ether oxygens (including phenoxy) is 2. The van der Waals surface area contributed by atoms with Gasteiger partial charge in [0.25, 0.3) is 5.69 Å². The van der Waals surface area contributed by atoms with Gasteiger partial charge in [-0.15, -0.1) is 0 Å². The second-order valence-electron chi connectivity index (χ2n) is 8.46. The maximum absolute atomic E-state index is 13.8. The minimum Gasteiger partial charge on any atom is -0.465 e. The highest BCUT2D eigenvalue weighted by atomic mass is 16.6. The first-order valence-electron chi connectivity index (χ1n) is 11.3. The summed E-state index contributed by atoms with van der Waals surface area (Å²) in [5.41, 5.74) is -1.02. The topological polar surface area (TPSA) is 116 Å². The molecular weight excluding hydrogens is 440 g/mol. The van der Waals surface area contributed by atoms with Gasteiger partial charge in [0.15, 0.2) is 0 Å². The number of rotatable bonds is 7. The van der Waals surface area contributed by atoms with Crippen LogP contribution in [-0.4, -0.2) is 47.4 Å². The first-order chi connectivity index (χ1) is 16.4. The van der Waals surface area contributed by atoms with Crippen molar-refractivity contribution in [1.82, 2.24) is 4.90 Å². The molecule has 0 unspecified atom stereocenters. The summed E-state index contributed by atoms with van der Waals surface area (Å²) >= 11 is 0. The van der Waals surface area contributed by atoms with Crippen molar-refractivity contribution >= 4 is 23.5 Å². The Morgan fingerprint density at radius 2 is 1.71 bits per heavy atom. The molecule has 0 saturated carbocycles. The van der Waals surface area contributed by atoms with Gasteiger partial charge in [0, 0.05) is 24.7 Å². The predicted molar refractivity (Wildman–Crippen MR) is 121 cm³/mol. The highest BCUT2D eigenvalue weighted by molar-refractivity contribution is 6.12. The summed E-state index contributed by atoms with van der Waals surface area (Å²) in [6.45, 7) is 3.71. The monoisotopic (exact) mass is 466 g/mol. The molecule has 1 fully saturated rings. The van der Waals surface area contributed by atoms with Gasteiger partial charge in [-0.25, -0.2) is 0 Å². The normalized spacial score (nSPS) is 20.3. The first kappa shape index (κ1) is 23.4. The number of benzene rings is 2. The second-order valence-corrected chi connectivity index (χ2v) is 8.46. The van der Waals surface area contributed by atoms with Crippen molar-refractivity contribution in [3.63, 3.8) is 0 Å². The molecule has 178 valence electrons. The molecule has 9 heteroatoms. The van der Waals surface area contributed by atoms with Gasteiger partial charge < -0.3 is 14.4 Å². The van der Waals surface area contributed by atoms with Gasteiger partial charge >= 0.3 is 11.9 Å². The molecule has 1 aliphatic heterocycles. The average Bonchev–Trinajstić information content (AvgIpc) is 3.13. The summed E-state index contributed by atoms with van der Waals surface area (Å²) in [7, 11) is 0. The molecule has 0 N–H and O–H groups in total. The van der Waals surface area contributed by atoms with Crippen LogP contribution >= 0.6 is 0 Å². The minimum absolute atomic E-state index is 0.0243. The third-order valence-corrected chi connectivity index (χ3v) is 6.62. The maximum atomic E-state index is 13.8. The van der Waals surface area contributed by atoms with Crippen LogP contribution in [0.4, 0.5) is 5.69 Å². The fraction of sp³-hybridized carbons (Fsp3) is 0.400. The Morgan fingerprint density at radius 3 is 2.29 bits per heavy atom. The number of hydrogen-bond acceptors (Lipinski definition) is 7. The molecule has 2 atom stereocenters. The molecule has 2 aliphatic rings. The summed E-state index contributed by atoms with van der Waals surface area (Å²) < 4.78 is 10.7. The lowest BCUT2D eigenvalue weighted by Crippen LogP contribution is -2.58. The molecule has 34 heavy (non-hydrogen) atoms. The summed E-state index contributed by atoms with van der Waals surface area (Å²) in [6.07, 6.45) is 0.189. The van der Waals surface area contributed by atoms with Crippen molar-refractivity contribution < 1.29 is 28.8 Å². The summed E-state index contributed by atoms with van der Waals surface area (Å²) in [4.78, 5) is 53.8. The Morgan fingerprint density at radius 1 is 1.06 bits per heavy atom. The van der Waals surface area contributed by atoms with E-state index in [4.69, 9.17) is 9.47 Å². The van der Waals surface area contributed by atoms with E-state index in [1.165, 1.54) is 18.2 Å². The van der Waals surface area contributed by atoms with Crippen molar-refractivity contribution in [2.24, 2.45) is 11.8 Å². The lowest BCUT2D eigenvalue weighted by atomic mass is 9.59. The van der Waals surface area contributed by atoms with Crippen LogP contribution in [0.25, 0.3) is 0 Å². The molecule has 0 spiro atoms. The molecule has 1 aliphatic carbocycles. The van der Waals surface area contributed by atoms with Gasteiger partial charge in [-0.2, -0.15) is 0 Å². The maximum Gasteiger partial charge on any atom is 0.328 e. The number of likely N-dealkylation sites (tertiary alicyclic amines) is 1. The number of fused-ring (bicyclic) bond motifs is 2. The fourth-order valence-corrected chi connectivity index (χ4v) is 5.35.